The number of fused-ring (bicyclic) bond motifs is 1. The number of carbonyl (C=O) groups excluding carboxylic acids is 2. The molecule has 4 heterocycles. The zero-order chi connectivity index (χ0) is 26.9. The Morgan fingerprint density at radius 2 is 1.74 bits per heavy atom. The Bertz CT molecular complexity index is 1350. The lowest BCUT2D eigenvalue weighted by molar-refractivity contribution is -0.127. The van der Waals surface area contributed by atoms with E-state index in [1.54, 1.807) is 30.3 Å². The van der Waals surface area contributed by atoms with Gasteiger partial charge in [0.15, 0.2) is 12.4 Å². The van der Waals surface area contributed by atoms with Gasteiger partial charge in [0.2, 0.25) is 5.95 Å². The number of imidazole rings is 1. The molecule has 2 amide bonds. The van der Waals surface area contributed by atoms with E-state index in [2.05, 4.69) is 20.2 Å². The first-order valence-corrected chi connectivity index (χ1v) is 13.2. The Morgan fingerprint density at radius 1 is 1.00 bits per heavy atom. The Hall–Kier alpha value is -3.87. The Kier molecular flexibility index (Phi) is 6.98. The zero-order valence-corrected chi connectivity index (χ0v) is 21.3. The maximum absolute atomic E-state index is 14.1. The lowest BCUT2D eigenvalue weighted by Crippen LogP contribution is -2.42. The first-order valence-electron chi connectivity index (χ1n) is 13.2. The number of benzene rings is 1. The SMILES string of the molecule is O=C1COC(=O)N1C1CCC(CNc2nc(N3CCOCC3)cc(-n3c(C(F)F)nc4ccccc43)n2)CC1. The lowest BCUT2D eigenvalue weighted by atomic mass is 9.85. The number of morpholine rings is 1. The van der Waals surface area contributed by atoms with Crippen molar-refractivity contribution >= 4 is 34.8 Å². The van der Waals surface area contributed by atoms with Gasteiger partial charge < -0.3 is 19.7 Å². The Balaban J connectivity index is 1.24. The molecular weight excluding hydrogens is 512 g/mol. The van der Waals surface area contributed by atoms with Crippen molar-refractivity contribution in [2.75, 3.05) is 49.7 Å². The minimum atomic E-state index is -2.79. The predicted molar refractivity (Wildman–Crippen MR) is 137 cm³/mol. The molecule has 0 radical (unpaired) electrons. The minimum absolute atomic E-state index is 0.140. The number of amides is 2. The van der Waals surface area contributed by atoms with Crippen LogP contribution in [0.4, 0.5) is 25.3 Å². The number of alkyl halides is 2. The molecule has 2 aliphatic heterocycles. The topological polar surface area (TPSA) is 115 Å². The van der Waals surface area contributed by atoms with Crippen LogP contribution in [0.2, 0.25) is 0 Å². The molecule has 2 aromatic heterocycles. The number of rotatable bonds is 7. The number of para-hydroxylation sites is 2. The number of imide groups is 1. The van der Waals surface area contributed by atoms with Gasteiger partial charge in [0, 0.05) is 31.7 Å². The van der Waals surface area contributed by atoms with Crippen molar-refractivity contribution in [2.45, 2.75) is 38.2 Å². The summed E-state index contributed by atoms with van der Waals surface area (Å²) in [5, 5.41) is 3.32. The van der Waals surface area contributed by atoms with E-state index in [0.717, 1.165) is 12.8 Å². The third-order valence-electron chi connectivity index (χ3n) is 7.56. The second kappa shape index (κ2) is 10.7. The number of ether oxygens (including phenoxy) is 2. The second-order valence-corrected chi connectivity index (χ2v) is 9.98. The molecule has 206 valence electrons. The molecule has 0 atom stereocenters. The van der Waals surface area contributed by atoms with Crippen LogP contribution in [0.15, 0.2) is 30.3 Å². The third-order valence-corrected chi connectivity index (χ3v) is 7.56. The van der Waals surface area contributed by atoms with Gasteiger partial charge in [0.25, 0.3) is 12.3 Å². The number of aromatic nitrogens is 4. The molecule has 6 rings (SSSR count). The van der Waals surface area contributed by atoms with Gasteiger partial charge in [-0.1, -0.05) is 12.1 Å². The van der Waals surface area contributed by atoms with E-state index in [4.69, 9.17) is 14.5 Å². The van der Waals surface area contributed by atoms with Crippen molar-refractivity contribution in [2.24, 2.45) is 5.92 Å². The summed E-state index contributed by atoms with van der Waals surface area (Å²) >= 11 is 0. The minimum Gasteiger partial charge on any atom is -0.439 e. The average molecular weight is 542 g/mol. The van der Waals surface area contributed by atoms with Crippen LogP contribution in [-0.4, -0.2) is 81.9 Å². The highest BCUT2D eigenvalue weighted by molar-refractivity contribution is 5.98. The average Bonchev–Trinajstić information content (AvgIpc) is 3.52. The van der Waals surface area contributed by atoms with E-state index >= 15 is 0 Å². The summed E-state index contributed by atoms with van der Waals surface area (Å²) in [5.74, 6) is 0.901. The molecule has 1 aliphatic carbocycles. The van der Waals surface area contributed by atoms with E-state index in [0.29, 0.717) is 74.3 Å². The number of carbonyl (C=O) groups is 2. The summed E-state index contributed by atoms with van der Waals surface area (Å²) in [6, 6.07) is 8.57. The molecule has 0 bridgehead atoms. The van der Waals surface area contributed by atoms with Gasteiger partial charge in [0.1, 0.15) is 11.6 Å². The van der Waals surface area contributed by atoms with Crippen molar-refractivity contribution in [1.82, 2.24) is 24.4 Å². The van der Waals surface area contributed by atoms with Gasteiger partial charge in [-0.15, -0.1) is 0 Å². The first-order chi connectivity index (χ1) is 19.0. The van der Waals surface area contributed by atoms with E-state index < -0.39 is 12.5 Å². The fraction of sp³-hybridized carbons (Fsp3) is 0.500. The van der Waals surface area contributed by atoms with Crippen LogP contribution in [0, 0.1) is 5.92 Å². The molecule has 0 unspecified atom stereocenters. The van der Waals surface area contributed by atoms with Crippen LogP contribution in [0.1, 0.15) is 37.9 Å². The quantitative estimate of drug-likeness (QED) is 0.480. The highest BCUT2D eigenvalue weighted by Gasteiger charge is 2.38. The summed E-state index contributed by atoms with van der Waals surface area (Å²) in [7, 11) is 0. The van der Waals surface area contributed by atoms with Gasteiger partial charge in [-0.25, -0.2) is 23.5 Å². The molecule has 1 aromatic carbocycles. The molecule has 3 aromatic rings. The molecule has 1 saturated carbocycles. The van der Waals surface area contributed by atoms with Crippen LogP contribution in [0.25, 0.3) is 16.9 Å². The Morgan fingerprint density at radius 3 is 2.46 bits per heavy atom. The van der Waals surface area contributed by atoms with Gasteiger partial charge in [-0.05, 0) is 43.7 Å². The van der Waals surface area contributed by atoms with Crippen molar-refractivity contribution in [3.8, 4) is 5.82 Å². The number of nitrogens with zero attached hydrogens (tertiary/aromatic N) is 6. The number of hydrogen-bond acceptors (Lipinski definition) is 9. The van der Waals surface area contributed by atoms with Crippen molar-refractivity contribution < 1.29 is 27.8 Å². The summed E-state index contributed by atoms with van der Waals surface area (Å²) in [4.78, 5) is 40.7. The highest BCUT2D eigenvalue weighted by atomic mass is 19.3. The largest absolute Gasteiger partial charge is 0.439 e. The third kappa shape index (κ3) is 5.10. The van der Waals surface area contributed by atoms with Crippen molar-refractivity contribution in [3.05, 3.63) is 36.2 Å². The number of halogens is 2. The molecule has 1 N–H and O–H groups in total. The summed E-state index contributed by atoms with van der Waals surface area (Å²) in [6.45, 7) is 2.75. The molecule has 0 spiro atoms. The molecule has 2 saturated heterocycles. The van der Waals surface area contributed by atoms with Crippen molar-refractivity contribution in [1.29, 1.82) is 0 Å². The van der Waals surface area contributed by atoms with Gasteiger partial charge >= 0.3 is 6.09 Å². The molecule has 3 fully saturated rings. The zero-order valence-electron chi connectivity index (χ0n) is 21.3. The molecular formula is C26H29F2N7O4. The fourth-order valence-electron chi connectivity index (χ4n) is 5.56. The van der Waals surface area contributed by atoms with E-state index in [1.807, 2.05) is 0 Å². The van der Waals surface area contributed by atoms with Gasteiger partial charge in [-0.3, -0.25) is 9.36 Å². The molecule has 13 heteroatoms. The van der Waals surface area contributed by atoms with Gasteiger partial charge in [-0.2, -0.15) is 9.97 Å². The summed E-state index contributed by atoms with van der Waals surface area (Å²) in [6.07, 6.45) is -0.320. The first kappa shape index (κ1) is 25.4. The second-order valence-electron chi connectivity index (χ2n) is 9.98. The predicted octanol–water partition coefficient (Wildman–Crippen LogP) is 3.54. The molecule has 39 heavy (non-hydrogen) atoms. The normalized spacial score (nSPS) is 22.1. The highest BCUT2D eigenvalue weighted by Crippen LogP contribution is 2.31. The summed E-state index contributed by atoms with van der Waals surface area (Å²) in [5.41, 5.74) is 1.00. The maximum atomic E-state index is 14.1. The summed E-state index contributed by atoms with van der Waals surface area (Å²) < 4.78 is 39.9. The fourth-order valence-corrected chi connectivity index (χ4v) is 5.56. The number of hydrogen-bond donors (Lipinski definition) is 1. The maximum Gasteiger partial charge on any atom is 0.417 e. The molecule has 11 nitrogen and oxygen atoms in total. The number of anilines is 2. The Labute approximate surface area is 223 Å². The van der Waals surface area contributed by atoms with E-state index in [9.17, 15) is 18.4 Å². The van der Waals surface area contributed by atoms with E-state index in [1.165, 1.54) is 9.47 Å². The van der Waals surface area contributed by atoms with Crippen molar-refractivity contribution in [3.63, 3.8) is 0 Å². The van der Waals surface area contributed by atoms with Gasteiger partial charge in [0.05, 0.1) is 24.2 Å². The number of cyclic esters (lactones) is 1. The van der Waals surface area contributed by atoms with E-state index in [-0.39, 0.29) is 30.3 Å². The standard InChI is InChI=1S/C26H29F2N7O4/c27-23(28)24-30-18-3-1-2-4-19(18)35(24)21-13-20(33-9-11-38-12-10-33)31-25(32-21)29-14-16-5-7-17(8-6-16)34-22(36)15-39-26(34)37/h1-4,13,16-17,23H,5-12,14-15H2,(H,29,31,32). The monoisotopic (exact) mass is 541 g/mol. The van der Waals surface area contributed by atoms with Crippen LogP contribution in [0.5, 0.6) is 0 Å². The van der Waals surface area contributed by atoms with Crippen LogP contribution < -0.4 is 10.2 Å². The number of nitrogens with one attached hydrogen (secondary N) is 1. The van der Waals surface area contributed by atoms with Crippen LogP contribution in [0.3, 0.4) is 0 Å². The molecule has 3 aliphatic rings. The van der Waals surface area contributed by atoms with Crippen LogP contribution >= 0.6 is 0 Å². The van der Waals surface area contributed by atoms with Crippen LogP contribution in [-0.2, 0) is 14.3 Å². The smallest absolute Gasteiger partial charge is 0.417 e. The lowest BCUT2D eigenvalue weighted by Gasteiger charge is -2.32.